The van der Waals surface area contributed by atoms with Crippen molar-refractivity contribution in [1.82, 2.24) is 4.90 Å². The first-order valence-electron chi connectivity index (χ1n) is 5.18. The van der Waals surface area contributed by atoms with E-state index in [0.29, 0.717) is 6.61 Å². The van der Waals surface area contributed by atoms with Crippen molar-refractivity contribution in [2.75, 3.05) is 19.7 Å². The molecule has 2 heteroatoms. The summed E-state index contributed by atoms with van der Waals surface area (Å²) in [6, 6.07) is 0.839. The van der Waals surface area contributed by atoms with Crippen LogP contribution in [0.1, 0.15) is 33.1 Å². The lowest BCUT2D eigenvalue weighted by molar-refractivity contribution is 0.218. The average Bonchev–Trinajstić information content (AvgIpc) is 2.85. The molecule has 72 valence electrons. The SMILES string of the molecule is CCC1CC1N(CC)CCCO. The fourth-order valence-corrected chi connectivity index (χ4v) is 1.95. The van der Waals surface area contributed by atoms with Crippen LogP contribution in [0.2, 0.25) is 0 Å². The first-order chi connectivity index (χ1) is 5.83. The minimum absolute atomic E-state index is 0.333. The first-order valence-corrected chi connectivity index (χ1v) is 5.18. The Bertz CT molecular complexity index is 127. The van der Waals surface area contributed by atoms with E-state index in [4.69, 9.17) is 5.11 Å². The van der Waals surface area contributed by atoms with E-state index in [1.807, 2.05) is 0 Å². The number of hydrogen-bond donors (Lipinski definition) is 1. The third-order valence-electron chi connectivity index (χ3n) is 2.89. The Morgan fingerprint density at radius 3 is 2.58 bits per heavy atom. The van der Waals surface area contributed by atoms with Gasteiger partial charge >= 0.3 is 0 Å². The summed E-state index contributed by atoms with van der Waals surface area (Å²) in [6.45, 7) is 7.03. The molecule has 0 radical (unpaired) electrons. The molecule has 0 heterocycles. The van der Waals surface area contributed by atoms with E-state index < -0.39 is 0 Å². The normalized spacial score (nSPS) is 28.0. The maximum absolute atomic E-state index is 8.71. The van der Waals surface area contributed by atoms with Crippen LogP contribution in [0, 0.1) is 5.92 Å². The molecule has 2 nitrogen and oxygen atoms in total. The summed E-state index contributed by atoms with van der Waals surface area (Å²) in [6.07, 6.45) is 3.64. The first kappa shape index (κ1) is 10.0. The van der Waals surface area contributed by atoms with Crippen LogP contribution in [0.15, 0.2) is 0 Å². The van der Waals surface area contributed by atoms with Gasteiger partial charge in [0.1, 0.15) is 0 Å². The summed E-state index contributed by atoms with van der Waals surface area (Å²) in [5.74, 6) is 0.948. The van der Waals surface area contributed by atoms with Crippen LogP contribution in [0.3, 0.4) is 0 Å². The molecule has 0 aromatic heterocycles. The van der Waals surface area contributed by atoms with Gasteiger partial charge in [-0.3, -0.25) is 0 Å². The van der Waals surface area contributed by atoms with Gasteiger partial charge < -0.3 is 10.0 Å². The molecule has 1 aliphatic rings. The molecule has 0 spiro atoms. The third kappa shape index (κ3) is 2.46. The standard InChI is InChI=1S/C10H21NO/c1-3-9-8-10(9)11(4-2)6-5-7-12/h9-10,12H,3-8H2,1-2H3. The Morgan fingerprint density at radius 1 is 1.42 bits per heavy atom. The molecular weight excluding hydrogens is 150 g/mol. The van der Waals surface area contributed by atoms with E-state index >= 15 is 0 Å². The molecule has 1 saturated carbocycles. The van der Waals surface area contributed by atoms with Crippen molar-refractivity contribution in [3.05, 3.63) is 0 Å². The predicted molar refractivity (Wildman–Crippen MR) is 51.1 cm³/mol. The van der Waals surface area contributed by atoms with Crippen molar-refractivity contribution < 1.29 is 5.11 Å². The van der Waals surface area contributed by atoms with Crippen LogP contribution in [-0.4, -0.2) is 35.7 Å². The molecule has 1 fully saturated rings. The maximum Gasteiger partial charge on any atom is 0.0443 e. The zero-order chi connectivity index (χ0) is 8.97. The highest BCUT2D eigenvalue weighted by atomic mass is 16.3. The Morgan fingerprint density at radius 2 is 2.17 bits per heavy atom. The molecule has 1 rings (SSSR count). The molecule has 2 unspecified atom stereocenters. The smallest absolute Gasteiger partial charge is 0.0443 e. The monoisotopic (exact) mass is 171 g/mol. The molecule has 0 aliphatic heterocycles. The summed E-state index contributed by atoms with van der Waals surface area (Å²) in [5, 5.41) is 8.71. The second kappa shape index (κ2) is 4.83. The van der Waals surface area contributed by atoms with Crippen LogP contribution in [0.25, 0.3) is 0 Å². The number of aliphatic hydroxyl groups excluding tert-OH is 1. The summed E-state index contributed by atoms with van der Waals surface area (Å²) in [7, 11) is 0. The second-order valence-electron chi connectivity index (χ2n) is 3.68. The molecule has 1 N–H and O–H groups in total. The van der Waals surface area contributed by atoms with Crippen LogP contribution < -0.4 is 0 Å². The number of rotatable bonds is 6. The summed E-state index contributed by atoms with van der Waals surface area (Å²) >= 11 is 0. The molecule has 1 aliphatic carbocycles. The lowest BCUT2D eigenvalue weighted by Gasteiger charge is -2.19. The maximum atomic E-state index is 8.71. The van der Waals surface area contributed by atoms with Gasteiger partial charge in [-0.2, -0.15) is 0 Å². The minimum Gasteiger partial charge on any atom is -0.396 e. The lowest BCUT2D eigenvalue weighted by atomic mass is 10.3. The molecule has 0 aromatic rings. The van der Waals surface area contributed by atoms with Gasteiger partial charge in [0, 0.05) is 19.2 Å². The van der Waals surface area contributed by atoms with E-state index in [1.54, 1.807) is 0 Å². The molecule has 0 bridgehead atoms. The number of nitrogens with zero attached hydrogens (tertiary/aromatic N) is 1. The fraction of sp³-hybridized carbons (Fsp3) is 1.00. The van der Waals surface area contributed by atoms with Crippen LogP contribution in [0.4, 0.5) is 0 Å². The van der Waals surface area contributed by atoms with Gasteiger partial charge in [-0.1, -0.05) is 20.3 Å². The van der Waals surface area contributed by atoms with E-state index in [1.165, 1.54) is 12.8 Å². The predicted octanol–water partition coefficient (Wildman–Crippen LogP) is 1.49. The van der Waals surface area contributed by atoms with E-state index in [-0.39, 0.29) is 0 Å². The van der Waals surface area contributed by atoms with Crippen LogP contribution in [-0.2, 0) is 0 Å². The Labute approximate surface area is 75.6 Å². The van der Waals surface area contributed by atoms with Crippen molar-refractivity contribution in [2.45, 2.75) is 39.2 Å². The molecular formula is C10H21NO. The van der Waals surface area contributed by atoms with Gasteiger partial charge in [-0.25, -0.2) is 0 Å². The van der Waals surface area contributed by atoms with Crippen LogP contribution >= 0.6 is 0 Å². The summed E-state index contributed by atoms with van der Waals surface area (Å²) in [5.41, 5.74) is 0. The minimum atomic E-state index is 0.333. The van der Waals surface area contributed by atoms with Crippen molar-refractivity contribution in [2.24, 2.45) is 5.92 Å². The van der Waals surface area contributed by atoms with Crippen molar-refractivity contribution >= 4 is 0 Å². The van der Waals surface area contributed by atoms with Crippen molar-refractivity contribution in [3.63, 3.8) is 0 Å². The Kier molecular flexibility index (Phi) is 4.02. The highest BCUT2D eigenvalue weighted by Crippen LogP contribution is 2.37. The zero-order valence-corrected chi connectivity index (χ0v) is 8.29. The second-order valence-corrected chi connectivity index (χ2v) is 3.68. The third-order valence-corrected chi connectivity index (χ3v) is 2.89. The highest BCUT2D eigenvalue weighted by molar-refractivity contribution is 4.93. The Hall–Kier alpha value is -0.0800. The van der Waals surface area contributed by atoms with E-state index in [2.05, 4.69) is 18.7 Å². The van der Waals surface area contributed by atoms with Gasteiger partial charge in [-0.05, 0) is 25.3 Å². The van der Waals surface area contributed by atoms with E-state index in [9.17, 15) is 0 Å². The quantitative estimate of drug-likeness (QED) is 0.654. The van der Waals surface area contributed by atoms with Gasteiger partial charge in [-0.15, -0.1) is 0 Å². The molecule has 0 aromatic carbocycles. The summed E-state index contributed by atoms with van der Waals surface area (Å²) in [4.78, 5) is 2.50. The molecule has 12 heavy (non-hydrogen) atoms. The topological polar surface area (TPSA) is 23.5 Å². The van der Waals surface area contributed by atoms with Gasteiger partial charge in [0.25, 0.3) is 0 Å². The van der Waals surface area contributed by atoms with Crippen molar-refractivity contribution in [3.8, 4) is 0 Å². The fourth-order valence-electron chi connectivity index (χ4n) is 1.95. The molecule has 2 atom stereocenters. The van der Waals surface area contributed by atoms with Gasteiger partial charge in [0.2, 0.25) is 0 Å². The van der Waals surface area contributed by atoms with Crippen molar-refractivity contribution in [1.29, 1.82) is 0 Å². The molecule has 0 saturated heterocycles. The van der Waals surface area contributed by atoms with Gasteiger partial charge in [0.05, 0.1) is 0 Å². The van der Waals surface area contributed by atoms with Crippen LogP contribution in [0.5, 0.6) is 0 Å². The lowest BCUT2D eigenvalue weighted by Crippen LogP contribution is -2.28. The summed E-state index contributed by atoms with van der Waals surface area (Å²) < 4.78 is 0. The average molecular weight is 171 g/mol. The highest BCUT2D eigenvalue weighted by Gasteiger charge is 2.38. The number of aliphatic hydroxyl groups is 1. The Balaban J connectivity index is 2.18. The zero-order valence-electron chi connectivity index (χ0n) is 8.29. The number of hydrogen-bond acceptors (Lipinski definition) is 2. The largest absolute Gasteiger partial charge is 0.396 e. The molecule has 0 amide bonds. The van der Waals surface area contributed by atoms with E-state index in [0.717, 1.165) is 31.5 Å². The van der Waals surface area contributed by atoms with Gasteiger partial charge in [0.15, 0.2) is 0 Å².